The van der Waals surface area contributed by atoms with Crippen LogP contribution in [0.15, 0.2) is 12.4 Å². The second-order valence-corrected chi connectivity index (χ2v) is 7.71. The Balaban J connectivity index is 1.94. The van der Waals surface area contributed by atoms with E-state index in [4.69, 9.17) is 4.98 Å². The third-order valence-electron chi connectivity index (χ3n) is 3.42. The maximum atomic E-state index is 4.73. The first-order chi connectivity index (χ1) is 9.77. The molecule has 0 amide bonds. The molecule has 116 valence electrons. The highest BCUT2D eigenvalue weighted by atomic mass is 32.1. The fourth-order valence-electron chi connectivity index (χ4n) is 2.21. The van der Waals surface area contributed by atoms with Crippen molar-refractivity contribution in [3.63, 3.8) is 0 Å². The van der Waals surface area contributed by atoms with E-state index >= 15 is 0 Å². The predicted octanol–water partition coefficient (Wildman–Crippen LogP) is 3.60. The third kappa shape index (κ3) is 4.14. The Morgan fingerprint density at radius 2 is 2.05 bits per heavy atom. The van der Waals surface area contributed by atoms with Gasteiger partial charge in [-0.3, -0.25) is 4.68 Å². The van der Waals surface area contributed by atoms with E-state index in [1.54, 1.807) is 0 Å². The highest BCUT2D eigenvalue weighted by molar-refractivity contribution is 7.12. The monoisotopic (exact) mass is 306 g/mol. The van der Waals surface area contributed by atoms with Crippen LogP contribution in [0.25, 0.3) is 0 Å². The van der Waals surface area contributed by atoms with E-state index in [0.717, 1.165) is 18.8 Å². The first-order valence-corrected chi connectivity index (χ1v) is 8.29. The first-order valence-electron chi connectivity index (χ1n) is 7.47. The summed E-state index contributed by atoms with van der Waals surface area (Å²) in [5, 5.41) is 9.09. The quantitative estimate of drug-likeness (QED) is 0.917. The molecule has 2 aromatic heterocycles. The standard InChI is InChI=1S/C16H26N4S/c1-11-9-18-20(10-11)8-7-17-12(2)14-13(3)19-15(21-14)16(4,5)6/h9-10,12,17H,7-8H2,1-6H3. The molecule has 1 atom stereocenters. The SMILES string of the molecule is Cc1cnn(CCNC(C)c2sc(C(C)(C)C)nc2C)c1. The van der Waals surface area contributed by atoms with Crippen molar-refractivity contribution < 1.29 is 0 Å². The van der Waals surface area contributed by atoms with Crippen molar-refractivity contribution in [2.75, 3.05) is 6.54 Å². The van der Waals surface area contributed by atoms with Gasteiger partial charge in [0, 0.05) is 29.1 Å². The van der Waals surface area contributed by atoms with Gasteiger partial charge in [-0.2, -0.15) is 5.10 Å². The lowest BCUT2D eigenvalue weighted by Crippen LogP contribution is -2.23. The average Bonchev–Trinajstić information content (AvgIpc) is 2.95. The van der Waals surface area contributed by atoms with Crippen LogP contribution in [-0.2, 0) is 12.0 Å². The van der Waals surface area contributed by atoms with Crippen molar-refractivity contribution >= 4 is 11.3 Å². The molecule has 0 fully saturated rings. The Hall–Kier alpha value is -1.20. The van der Waals surface area contributed by atoms with Crippen molar-refractivity contribution in [3.8, 4) is 0 Å². The molecule has 0 aliphatic carbocycles. The minimum absolute atomic E-state index is 0.125. The van der Waals surface area contributed by atoms with Gasteiger partial charge < -0.3 is 5.32 Å². The molecule has 2 heterocycles. The number of aromatic nitrogens is 3. The van der Waals surface area contributed by atoms with E-state index in [1.165, 1.54) is 15.4 Å². The normalized spacial score (nSPS) is 13.6. The number of hydrogen-bond acceptors (Lipinski definition) is 4. The molecular weight excluding hydrogens is 280 g/mol. The summed E-state index contributed by atoms with van der Waals surface area (Å²) in [7, 11) is 0. The molecule has 0 aliphatic rings. The van der Waals surface area contributed by atoms with Crippen LogP contribution in [0.5, 0.6) is 0 Å². The second kappa shape index (κ2) is 6.28. The van der Waals surface area contributed by atoms with Crippen LogP contribution in [0.4, 0.5) is 0 Å². The zero-order valence-electron chi connectivity index (χ0n) is 13.9. The van der Waals surface area contributed by atoms with Crippen LogP contribution in [0, 0.1) is 13.8 Å². The minimum Gasteiger partial charge on any atom is -0.308 e. The van der Waals surface area contributed by atoms with E-state index in [-0.39, 0.29) is 5.41 Å². The molecule has 0 aliphatic heterocycles. The first kappa shape index (κ1) is 16.2. The summed E-state index contributed by atoms with van der Waals surface area (Å²) in [6, 6.07) is 0.329. The molecule has 2 aromatic rings. The lowest BCUT2D eigenvalue weighted by atomic mass is 9.98. The zero-order chi connectivity index (χ0) is 15.6. The Bertz CT molecular complexity index is 592. The zero-order valence-corrected chi connectivity index (χ0v) is 14.7. The van der Waals surface area contributed by atoms with Gasteiger partial charge in [-0.05, 0) is 26.3 Å². The Morgan fingerprint density at radius 1 is 1.33 bits per heavy atom. The van der Waals surface area contributed by atoms with Gasteiger partial charge in [0.05, 0.1) is 23.4 Å². The molecule has 2 rings (SSSR count). The smallest absolute Gasteiger partial charge is 0.0985 e. The van der Waals surface area contributed by atoms with Gasteiger partial charge >= 0.3 is 0 Å². The number of nitrogens with zero attached hydrogens (tertiary/aromatic N) is 3. The summed E-state index contributed by atoms with van der Waals surface area (Å²) in [6.45, 7) is 14.8. The molecule has 0 saturated carbocycles. The third-order valence-corrected chi connectivity index (χ3v) is 5.19. The fourth-order valence-corrected chi connectivity index (χ4v) is 3.36. The maximum absolute atomic E-state index is 4.73. The lowest BCUT2D eigenvalue weighted by molar-refractivity contribution is 0.510. The summed E-state index contributed by atoms with van der Waals surface area (Å²) in [5.74, 6) is 0. The summed E-state index contributed by atoms with van der Waals surface area (Å²) in [6.07, 6.45) is 3.97. The summed E-state index contributed by atoms with van der Waals surface area (Å²) in [5.41, 5.74) is 2.48. The van der Waals surface area contributed by atoms with Crippen LogP contribution < -0.4 is 5.32 Å². The second-order valence-electron chi connectivity index (χ2n) is 6.68. The van der Waals surface area contributed by atoms with Crippen molar-refractivity contribution in [1.82, 2.24) is 20.1 Å². The molecule has 1 N–H and O–H groups in total. The molecule has 1 unspecified atom stereocenters. The number of nitrogens with one attached hydrogen (secondary N) is 1. The fraction of sp³-hybridized carbons (Fsp3) is 0.625. The van der Waals surface area contributed by atoms with Gasteiger partial charge in [0.25, 0.3) is 0 Å². The number of thiazole rings is 1. The largest absolute Gasteiger partial charge is 0.308 e. The summed E-state index contributed by atoms with van der Waals surface area (Å²) < 4.78 is 1.98. The van der Waals surface area contributed by atoms with Crippen LogP contribution in [0.2, 0.25) is 0 Å². The molecule has 0 aromatic carbocycles. The van der Waals surface area contributed by atoms with E-state index < -0.39 is 0 Å². The summed E-state index contributed by atoms with van der Waals surface area (Å²) in [4.78, 5) is 6.08. The van der Waals surface area contributed by atoms with Crippen LogP contribution in [-0.4, -0.2) is 21.3 Å². The molecular formula is C16H26N4S. The number of rotatable bonds is 5. The van der Waals surface area contributed by atoms with Crippen molar-refractivity contribution in [3.05, 3.63) is 33.5 Å². The highest BCUT2D eigenvalue weighted by Gasteiger charge is 2.22. The molecule has 21 heavy (non-hydrogen) atoms. The van der Waals surface area contributed by atoms with E-state index in [0.29, 0.717) is 6.04 Å². The van der Waals surface area contributed by atoms with Crippen LogP contribution in [0.3, 0.4) is 0 Å². The van der Waals surface area contributed by atoms with Gasteiger partial charge in [-0.25, -0.2) is 4.98 Å². The van der Waals surface area contributed by atoms with Gasteiger partial charge in [0.15, 0.2) is 0 Å². The average molecular weight is 306 g/mol. The molecule has 0 bridgehead atoms. The van der Waals surface area contributed by atoms with Gasteiger partial charge in [-0.15, -0.1) is 11.3 Å². The maximum Gasteiger partial charge on any atom is 0.0985 e. The van der Waals surface area contributed by atoms with E-state index in [1.807, 2.05) is 22.2 Å². The van der Waals surface area contributed by atoms with E-state index in [9.17, 15) is 0 Å². The molecule has 0 saturated heterocycles. The highest BCUT2D eigenvalue weighted by Crippen LogP contribution is 2.32. The van der Waals surface area contributed by atoms with Gasteiger partial charge in [0.1, 0.15) is 0 Å². The minimum atomic E-state index is 0.125. The van der Waals surface area contributed by atoms with Crippen molar-refractivity contribution in [2.45, 2.75) is 59.5 Å². The summed E-state index contributed by atoms with van der Waals surface area (Å²) >= 11 is 1.83. The molecule has 5 heteroatoms. The topological polar surface area (TPSA) is 42.7 Å². The Labute approximate surface area is 131 Å². The number of aryl methyl sites for hydroxylation is 2. The lowest BCUT2D eigenvalue weighted by Gasteiger charge is -2.14. The van der Waals surface area contributed by atoms with Gasteiger partial charge in [-0.1, -0.05) is 20.8 Å². The van der Waals surface area contributed by atoms with Gasteiger partial charge in [0.2, 0.25) is 0 Å². The Kier molecular flexibility index (Phi) is 4.84. The predicted molar refractivity (Wildman–Crippen MR) is 88.9 cm³/mol. The van der Waals surface area contributed by atoms with Crippen LogP contribution >= 0.6 is 11.3 Å². The van der Waals surface area contributed by atoms with Crippen LogP contribution in [0.1, 0.15) is 54.9 Å². The number of hydrogen-bond donors (Lipinski definition) is 1. The van der Waals surface area contributed by atoms with Crippen molar-refractivity contribution in [1.29, 1.82) is 0 Å². The van der Waals surface area contributed by atoms with E-state index in [2.05, 4.69) is 58.2 Å². The van der Waals surface area contributed by atoms with Crippen molar-refractivity contribution in [2.24, 2.45) is 0 Å². The Morgan fingerprint density at radius 3 is 2.57 bits per heavy atom. The molecule has 4 nitrogen and oxygen atoms in total. The molecule has 0 radical (unpaired) electrons. The molecule has 0 spiro atoms.